The summed E-state index contributed by atoms with van der Waals surface area (Å²) in [6.07, 6.45) is 4.74. The van der Waals surface area contributed by atoms with Crippen LogP contribution < -0.4 is 0 Å². The highest BCUT2D eigenvalue weighted by Gasteiger charge is 2.34. The first-order valence-electron chi connectivity index (χ1n) is 7.41. The van der Waals surface area contributed by atoms with Crippen LogP contribution in [0.4, 0.5) is 0 Å². The van der Waals surface area contributed by atoms with Crippen LogP contribution in [0.25, 0.3) is 0 Å². The lowest BCUT2D eigenvalue weighted by atomic mass is 10.2. The van der Waals surface area contributed by atoms with Crippen LogP contribution in [-0.2, 0) is 22.6 Å². The largest absolute Gasteiger partial charge is 0.464 e. The molecule has 1 aromatic rings. The van der Waals surface area contributed by atoms with Gasteiger partial charge in [0.15, 0.2) is 0 Å². The van der Waals surface area contributed by atoms with Crippen molar-refractivity contribution in [3.05, 3.63) is 18.2 Å². The van der Waals surface area contributed by atoms with Crippen molar-refractivity contribution >= 4 is 5.97 Å². The molecular weight excluding hydrogens is 256 g/mol. The average molecular weight is 278 g/mol. The Balaban J connectivity index is 1.52. The van der Waals surface area contributed by atoms with Crippen LogP contribution in [0, 0.1) is 0 Å². The maximum atomic E-state index is 11.6. The second kappa shape index (κ2) is 5.93. The highest BCUT2D eigenvalue weighted by Crippen LogP contribution is 2.17. The van der Waals surface area contributed by atoms with Crippen molar-refractivity contribution < 1.29 is 9.53 Å². The number of aryl methyl sites for hydroxylation is 1. The van der Waals surface area contributed by atoms with Crippen molar-refractivity contribution in [2.45, 2.75) is 32.5 Å². The SMILES string of the molecule is CCn1ccnc1CN1CCN([C@H]2CCOC2=O)CC1. The van der Waals surface area contributed by atoms with Crippen LogP contribution in [0.15, 0.2) is 12.4 Å². The van der Waals surface area contributed by atoms with Crippen molar-refractivity contribution in [3.8, 4) is 0 Å². The Bertz CT molecular complexity index is 465. The molecule has 0 unspecified atom stereocenters. The highest BCUT2D eigenvalue weighted by molar-refractivity contribution is 5.77. The smallest absolute Gasteiger partial charge is 0.323 e. The standard InChI is InChI=1S/C14H22N4O2/c1-2-17-5-4-15-13(17)11-16-6-8-18(9-7-16)12-3-10-20-14(12)19/h4-5,12H,2-3,6-11H2,1H3/t12-/m0/s1. The van der Waals surface area contributed by atoms with Gasteiger partial charge >= 0.3 is 5.97 Å². The summed E-state index contributed by atoms with van der Waals surface area (Å²) in [4.78, 5) is 20.7. The summed E-state index contributed by atoms with van der Waals surface area (Å²) in [5, 5.41) is 0. The molecule has 2 fully saturated rings. The van der Waals surface area contributed by atoms with Gasteiger partial charge in [-0.1, -0.05) is 0 Å². The van der Waals surface area contributed by atoms with E-state index in [0.29, 0.717) is 6.61 Å². The molecule has 0 spiro atoms. The molecule has 0 aliphatic carbocycles. The van der Waals surface area contributed by atoms with E-state index < -0.39 is 0 Å². The van der Waals surface area contributed by atoms with Gasteiger partial charge in [0.25, 0.3) is 0 Å². The van der Waals surface area contributed by atoms with Crippen molar-refractivity contribution in [2.75, 3.05) is 32.8 Å². The predicted molar refractivity (Wildman–Crippen MR) is 74.1 cm³/mol. The minimum Gasteiger partial charge on any atom is -0.464 e. The molecule has 0 radical (unpaired) electrons. The fourth-order valence-corrected chi connectivity index (χ4v) is 3.03. The lowest BCUT2D eigenvalue weighted by Gasteiger charge is -2.36. The number of hydrogen-bond acceptors (Lipinski definition) is 5. The number of carbonyl (C=O) groups is 1. The number of ether oxygens (including phenoxy) is 1. The Morgan fingerprint density at radius 2 is 2.15 bits per heavy atom. The van der Waals surface area contributed by atoms with Crippen LogP contribution in [0.1, 0.15) is 19.2 Å². The number of hydrogen-bond donors (Lipinski definition) is 0. The summed E-state index contributed by atoms with van der Waals surface area (Å²) in [6.45, 7) is 8.42. The number of imidazole rings is 1. The normalized spacial score (nSPS) is 25.1. The van der Waals surface area contributed by atoms with Crippen LogP contribution in [0.3, 0.4) is 0 Å². The molecule has 3 rings (SSSR count). The number of piperazine rings is 1. The first-order valence-corrected chi connectivity index (χ1v) is 7.41. The first-order chi connectivity index (χ1) is 9.78. The molecule has 0 N–H and O–H groups in total. The highest BCUT2D eigenvalue weighted by atomic mass is 16.5. The quantitative estimate of drug-likeness (QED) is 0.743. The third-order valence-electron chi connectivity index (χ3n) is 4.26. The van der Waals surface area contributed by atoms with E-state index in [0.717, 1.165) is 51.5 Å². The van der Waals surface area contributed by atoms with E-state index in [1.165, 1.54) is 0 Å². The van der Waals surface area contributed by atoms with Gasteiger partial charge in [0.1, 0.15) is 11.9 Å². The van der Waals surface area contributed by atoms with Crippen molar-refractivity contribution in [2.24, 2.45) is 0 Å². The number of rotatable bonds is 4. The molecule has 1 aromatic heterocycles. The second-order valence-corrected chi connectivity index (χ2v) is 5.41. The molecule has 0 aromatic carbocycles. The molecule has 3 heterocycles. The fraction of sp³-hybridized carbons (Fsp3) is 0.714. The average Bonchev–Trinajstić information content (AvgIpc) is 3.08. The molecule has 6 heteroatoms. The van der Waals surface area contributed by atoms with Crippen molar-refractivity contribution in [3.63, 3.8) is 0 Å². The van der Waals surface area contributed by atoms with Crippen LogP contribution in [-0.4, -0.2) is 64.1 Å². The van der Waals surface area contributed by atoms with Gasteiger partial charge in [-0.15, -0.1) is 0 Å². The molecule has 2 aliphatic rings. The maximum absolute atomic E-state index is 11.6. The molecule has 110 valence electrons. The van der Waals surface area contributed by atoms with Crippen LogP contribution >= 0.6 is 0 Å². The Labute approximate surface area is 119 Å². The van der Waals surface area contributed by atoms with Gasteiger partial charge in [0.05, 0.1) is 13.2 Å². The second-order valence-electron chi connectivity index (χ2n) is 5.41. The van der Waals surface area contributed by atoms with Crippen molar-refractivity contribution in [1.82, 2.24) is 19.4 Å². The van der Waals surface area contributed by atoms with Gasteiger partial charge < -0.3 is 9.30 Å². The zero-order chi connectivity index (χ0) is 13.9. The number of cyclic esters (lactones) is 1. The molecular formula is C14H22N4O2. The third kappa shape index (κ3) is 2.71. The van der Waals surface area contributed by atoms with Gasteiger partial charge in [-0.2, -0.15) is 0 Å². The number of nitrogens with zero attached hydrogens (tertiary/aromatic N) is 4. The van der Waals surface area contributed by atoms with Gasteiger partial charge in [-0.25, -0.2) is 4.98 Å². The molecule has 0 amide bonds. The predicted octanol–water partition coefficient (Wildman–Crippen LogP) is 0.336. The minimum absolute atomic E-state index is 0.00484. The van der Waals surface area contributed by atoms with Crippen LogP contribution in [0.5, 0.6) is 0 Å². The summed E-state index contributed by atoms with van der Waals surface area (Å²) in [5.41, 5.74) is 0. The molecule has 0 bridgehead atoms. The van der Waals surface area contributed by atoms with E-state index >= 15 is 0 Å². The molecule has 2 saturated heterocycles. The van der Waals surface area contributed by atoms with Gasteiger partial charge in [-0.05, 0) is 6.92 Å². The molecule has 20 heavy (non-hydrogen) atoms. The Morgan fingerprint density at radius 3 is 2.80 bits per heavy atom. The summed E-state index contributed by atoms with van der Waals surface area (Å²) < 4.78 is 7.23. The summed E-state index contributed by atoms with van der Waals surface area (Å²) in [6, 6.07) is -0.00484. The first kappa shape index (κ1) is 13.6. The van der Waals surface area contributed by atoms with Gasteiger partial charge in [0, 0.05) is 51.5 Å². The Hall–Kier alpha value is -1.40. The monoisotopic (exact) mass is 278 g/mol. The van der Waals surface area contributed by atoms with Crippen molar-refractivity contribution in [1.29, 1.82) is 0 Å². The minimum atomic E-state index is -0.0417. The molecule has 0 saturated carbocycles. The summed E-state index contributed by atoms with van der Waals surface area (Å²) in [5.74, 6) is 1.08. The van der Waals surface area contributed by atoms with Crippen LogP contribution in [0.2, 0.25) is 0 Å². The molecule has 2 aliphatic heterocycles. The number of carbonyl (C=O) groups excluding carboxylic acids is 1. The third-order valence-corrected chi connectivity index (χ3v) is 4.26. The summed E-state index contributed by atoms with van der Waals surface area (Å²) >= 11 is 0. The topological polar surface area (TPSA) is 50.6 Å². The Morgan fingerprint density at radius 1 is 1.35 bits per heavy atom. The molecule has 6 nitrogen and oxygen atoms in total. The van der Waals surface area contributed by atoms with Gasteiger partial charge in [0.2, 0.25) is 0 Å². The zero-order valence-electron chi connectivity index (χ0n) is 12.0. The van der Waals surface area contributed by atoms with E-state index in [1.807, 2.05) is 12.4 Å². The van der Waals surface area contributed by atoms with E-state index in [2.05, 4.69) is 26.3 Å². The number of aromatic nitrogens is 2. The van der Waals surface area contributed by atoms with E-state index in [1.54, 1.807) is 0 Å². The van der Waals surface area contributed by atoms with E-state index in [4.69, 9.17) is 4.74 Å². The summed E-state index contributed by atoms with van der Waals surface area (Å²) in [7, 11) is 0. The zero-order valence-corrected chi connectivity index (χ0v) is 12.0. The fourth-order valence-electron chi connectivity index (χ4n) is 3.03. The van der Waals surface area contributed by atoms with E-state index in [-0.39, 0.29) is 12.0 Å². The molecule has 1 atom stereocenters. The maximum Gasteiger partial charge on any atom is 0.323 e. The van der Waals surface area contributed by atoms with E-state index in [9.17, 15) is 4.79 Å². The lowest BCUT2D eigenvalue weighted by Crippen LogP contribution is -2.51. The lowest BCUT2D eigenvalue weighted by molar-refractivity contribution is -0.142. The Kier molecular flexibility index (Phi) is 4.03. The van der Waals surface area contributed by atoms with Gasteiger partial charge in [-0.3, -0.25) is 14.6 Å². The number of esters is 1.